The number of hydrogen-bond donors (Lipinski definition) is 3. The number of carbonyl (C=O) groups is 2. The van der Waals surface area contributed by atoms with Crippen molar-refractivity contribution in [1.82, 2.24) is 15.6 Å². The van der Waals surface area contributed by atoms with Gasteiger partial charge >= 0.3 is 0 Å². The molecule has 0 aliphatic heterocycles. The van der Waals surface area contributed by atoms with E-state index in [1.54, 1.807) is 18.2 Å². The van der Waals surface area contributed by atoms with Crippen LogP contribution in [-0.2, 0) is 4.79 Å². The fourth-order valence-corrected chi connectivity index (χ4v) is 2.07. The number of carbonyl (C=O) groups excluding carboxylic acids is 2. The first kappa shape index (κ1) is 15.2. The number of rotatable bonds is 5. The quantitative estimate of drug-likeness (QED) is 0.739. The topological polar surface area (TPSA) is 87.1 Å². The van der Waals surface area contributed by atoms with Crippen molar-refractivity contribution in [2.75, 3.05) is 6.54 Å². The van der Waals surface area contributed by atoms with Crippen molar-refractivity contribution in [3.63, 3.8) is 0 Å². The van der Waals surface area contributed by atoms with E-state index < -0.39 is 0 Å². The van der Waals surface area contributed by atoms with Crippen molar-refractivity contribution in [3.05, 3.63) is 28.6 Å². The molecule has 7 heteroatoms. The molecular weight excluding hydrogens is 290 g/mol. The predicted molar refractivity (Wildman–Crippen MR) is 81.6 cm³/mol. The average molecular weight is 307 g/mol. The molecule has 0 bridgehead atoms. The Bertz CT molecular complexity index is 718. The summed E-state index contributed by atoms with van der Waals surface area (Å²) in [7, 11) is 0. The molecule has 0 spiro atoms. The molecule has 0 fully saturated rings. The van der Waals surface area contributed by atoms with Gasteiger partial charge in [0.25, 0.3) is 10.7 Å². The number of aromatic amines is 1. The molecule has 0 atom stereocenters. The fourth-order valence-electron chi connectivity index (χ4n) is 1.87. The molecule has 2 amide bonds. The zero-order valence-corrected chi connectivity index (χ0v) is 12.7. The SMILES string of the molecule is CC(C)NC(=O)CCNC(=O)c1ccc2[nH]c(=S)oc2c1. The molecule has 2 aromatic rings. The molecule has 0 saturated heterocycles. The summed E-state index contributed by atoms with van der Waals surface area (Å²) in [4.78, 5) is 26.6. The van der Waals surface area contributed by atoms with E-state index in [0.29, 0.717) is 11.1 Å². The van der Waals surface area contributed by atoms with Crippen molar-refractivity contribution in [2.45, 2.75) is 26.3 Å². The second-order valence-corrected chi connectivity index (χ2v) is 5.32. The minimum atomic E-state index is -0.253. The molecule has 6 nitrogen and oxygen atoms in total. The normalized spacial score (nSPS) is 10.8. The number of aromatic nitrogens is 1. The minimum absolute atomic E-state index is 0.0860. The summed E-state index contributed by atoms with van der Waals surface area (Å²) in [6.45, 7) is 4.06. The third kappa shape index (κ3) is 4.16. The molecule has 0 saturated carbocycles. The van der Waals surface area contributed by atoms with Crippen LogP contribution in [0.25, 0.3) is 11.1 Å². The van der Waals surface area contributed by atoms with Gasteiger partial charge in [-0.3, -0.25) is 9.59 Å². The van der Waals surface area contributed by atoms with E-state index in [-0.39, 0.29) is 35.7 Å². The van der Waals surface area contributed by atoms with E-state index >= 15 is 0 Å². The summed E-state index contributed by atoms with van der Waals surface area (Å²) in [5.74, 6) is -0.339. The van der Waals surface area contributed by atoms with Crippen molar-refractivity contribution >= 4 is 35.1 Å². The van der Waals surface area contributed by atoms with E-state index in [0.717, 1.165) is 5.52 Å². The van der Waals surface area contributed by atoms with E-state index in [1.165, 1.54) is 0 Å². The largest absolute Gasteiger partial charge is 0.429 e. The van der Waals surface area contributed by atoms with Gasteiger partial charge in [-0.2, -0.15) is 0 Å². The fraction of sp³-hybridized carbons (Fsp3) is 0.357. The zero-order valence-electron chi connectivity index (χ0n) is 11.9. The summed E-state index contributed by atoms with van der Waals surface area (Å²) in [6.07, 6.45) is 0.247. The van der Waals surface area contributed by atoms with Gasteiger partial charge < -0.3 is 20.0 Å². The number of H-pyrrole nitrogens is 1. The lowest BCUT2D eigenvalue weighted by Gasteiger charge is -2.08. The monoisotopic (exact) mass is 307 g/mol. The Morgan fingerprint density at radius 1 is 1.38 bits per heavy atom. The molecule has 0 aliphatic carbocycles. The van der Waals surface area contributed by atoms with Gasteiger partial charge in [0.15, 0.2) is 5.58 Å². The van der Waals surface area contributed by atoms with Gasteiger partial charge in [0.2, 0.25) is 5.91 Å². The first-order valence-electron chi connectivity index (χ1n) is 6.66. The molecule has 3 N–H and O–H groups in total. The predicted octanol–water partition coefficient (Wildman–Crippen LogP) is 2.13. The van der Waals surface area contributed by atoms with Gasteiger partial charge in [0.05, 0.1) is 5.52 Å². The van der Waals surface area contributed by atoms with Crippen LogP contribution >= 0.6 is 12.2 Å². The highest BCUT2D eigenvalue weighted by atomic mass is 32.1. The number of nitrogens with one attached hydrogen (secondary N) is 3. The highest BCUT2D eigenvalue weighted by molar-refractivity contribution is 7.71. The Kier molecular flexibility index (Phi) is 4.74. The van der Waals surface area contributed by atoms with Gasteiger partial charge in [0, 0.05) is 24.6 Å². The molecule has 2 rings (SSSR count). The molecule has 1 aromatic carbocycles. The maximum Gasteiger partial charge on any atom is 0.266 e. The average Bonchev–Trinajstić information content (AvgIpc) is 2.76. The second kappa shape index (κ2) is 6.53. The first-order chi connectivity index (χ1) is 9.95. The number of oxazole rings is 1. The molecule has 112 valence electrons. The summed E-state index contributed by atoms with van der Waals surface area (Å²) < 4.78 is 5.26. The van der Waals surface area contributed by atoms with Crippen LogP contribution in [0.1, 0.15) is 30.6 Å². The molecule has 0 radical (unpaired) electrons. The number of amides is 2. The second-order valence-electron chi connectivity index (χ2n) is 4.95. The Morgan fingerprint density at radius 3 is 2.86 bits per heavy atom. The standard InChI is InChI=1S/C14H17N3O3S/c1-8(2)16-12(18)5-6-15-13(19)9-3-4-10-11(7-9)20-14(21)17-10/h3-4,7-8H,5-6H2,1-2H3,(H,15,19)(H,16,18)(H,17,21). The Balaban J connectivity index is 1.93. The van der Waals surface area contributed by atoms with Crippen LogP contribution in [0, 0.1) is 4.84 Å². The number of benzene rings is 1. The summed E-state index contributed by atoms with van der Waals surface area (Å²) in [5, 5.41) is 5.46. The van der Waals surface area contributed by atoms with E-state index in [4.69, 9.17) is 16.6 Å². The molecule has 0 unspecified atom stereocenters. The number of hydrogen-bond acceptors (Lipinski definition) is 4. The van der Waals surface area contributed by atoms with Crippen molar-refractivity contribution < 1.29 is 14.0 Å². The van der Waals surface area contributed by atoms with Crippen LogP contribution in [0.5, 0.6) is 0 Å². The van der Waals surface area contributed by atoms with Crippen molar-refractivity contribution in [3.8, 4) is 0 Å². The molecule has 1 heterocycles. The summed E-state index contributed by atoms with van der Waals surface area (Å²) in [6, 6.07) is 5.12. The summed E-state index contributed by atoms with van der Waals surface area (Å²) in [5.41, 5.74) is 1.74. The number of fused-ring (bicyclic) bond motifs is 1. The molecular formula is C14H17N3O3S. The lowest BCUT2D eigenvalue weighted by molar-refractivity contribution is -0.121. The highest BCUT2D eigenvalue weighted by Gasteiger charge is 2.09. The van der Waals surface area contributed by atoms with Gasteiger partial charge in [-0.1, -0.05) is 0 Å². The van der Waals surface area contributed by atoms with E-state index in [2.05, 4.69) is 15.6 Å². The van der Waals surface area contributed by atoms with Crippen molar-refractivity contribution in [2.24, 2.45) is 0 Å². The van der Waals surface area contributed by atoms with Gasteiger partial charge in [-0.15, -0.1) is 0 Å². The highest BCUT2D eigenvalue weighted by Crippen LogP contribution is 2.15. The van der Waals surface area contributed by atoms with E-state index in [9.17, 15) is 9.59 Å². The third-order valence-corrected chi connectivity index (χ3v) is 2.96. The van der Waals surface area contributed by atoms with E-state index in [1.807, 2.05) is 13.8 Å². The molecule has 1 aromatic heterocycles. The Hall–Kier alpha value is -2.15. The molecule has 21 heavy (non-hydrogen) atoms. The van der Waals surface area contributed by atoms with Gasteiger partial charge in [0.1, 0.15) is 0 Å². The van der Waals surface area contributed by atoms with Crippen LogP contribution in [0.2, 0.25) is 0 Å². The van der Waals surface area contributed by atoms with Crippen LogP contribution < -0.4 is 10.6 Å². The maximum absolute atomic E-state index is 12.0. The minimum Gasteiger partial charge on any atom is -0.429 e. The van der Waals surface area contributed by atoms with Crippen LogP contribution in [-0.4, -0.2) is 29.4 Å². The first-order valence-corrected chi connectivity index (χ1v) is 7.07. The lowest BCUT2D eigenvalue weighted by Crippen LogP contribution is -2.34. The van der Waals surface area contributed by atoms with Gasteiger partial charge in [-0.05, 0) is 44.3 Å². The summed E-state index contributed by atoms with van der Waals surface area (Å²) >= 11 is 4.89. The van der Waals surface area contributed by atoms with Gasteiger partial charge in [-0.25, -0.2) is 0 Å². The van der Waals surface area contributed by atoms with Crippen LogP contribution in [0.4, 0.5) is 0 Å². The van der Waals surface area contributed by atoms with Crippen LogP contribution in [0.15, 0.2) is 22.6 Å². The zero-order chi connectivity index (χ0) is 15.4. The maximum atomic E-state index is 12.0. The van der Waals surface area contributed by atoms with Crippen LogP contribution in [0.3, 0.4) is 0 Å². The smallest absolute Gasteiger partial charge is 0.266 e. The Labute approximate surface area is 126 Å². The lowest BCUT2D eigenvalue weighted by atomic mass is 10.2. The Morgan fingerprint density at radius 2 is 2.14 bits per heavy atom. The van der Waals surface area contributed by atoms with Crippen molar-refractivity contribution in [1.29, 1.82) is 0 Å². The third-order valence-electron chi connectivity index (χ3n) is 2.77. The molecule has 0 aliphatic rings.